The molecule has 5 heterocycles. The number of nitrogens with zero attached hydrogens (tertiary/aromatic N) is 5. The summed E-state index contributed by atoms with van der Waals surface area (Å²) >= 11 is 0. The highest BCUT2D eigenvalue weighted by Gasteiger charge is 2.47. The van der Waals surface area contributed by atoms with Crippen molar-refractivity contribution in [1.82, 2.24) is 24.2 Å². The maximum Gasteiger partial charge on any atom is 0.249 e. The van der Waals surface area contributed by atoms with Gasteiger partial charge in [-0.15, -0.1) is 0 Å². The van der Waals surface area contributed by atoms with E-state index in [2.05, 4.69) is 19.9 Å². The third kappa shape index (κ3) is 3.55. The summed E-state index contributed by atoms with van der Waals surface area (Å²) in [5.74, 6) is 0.168. The van der Waals surface area contributed by atoms with Crippen molar-refractivity contribution in [3.05, 3.63) is 78.5 Å². The lowest BCUT2D eigenvalue weighted by molar-refractivity contribution is 0.143. The van der Waals surface area contributed by atoms with Crippen molar-refractivity contribution in [2.75, 3.05) is 13.1 Å². The van der Waals surface area contributed by atoms with Gasteiger partial charge in [0.25, 0.3) is 0 Å². The molecule has 9 heteroatoms. The van der Waals surface area contributed by atoms with Gasteiger partial charge in [-0.05, 0) is 42.0 Å². The molecule has 1 saturated heterocycles. The van der Waals surface area contributed by atoms with Crippen molar-refractivity contribution in [3.63, 3.8) is 0 Å². The minimum atomic E-state index is -3.80. The van der Waals surface area contributed by atoms with Crippen LogP contribution in [0.1, 0.15) is 11.3 Å². The molecule has 0 bridgehead atoms. The topological polar surface area (TPSA) is 88.5 Å². The van der Waals surface area contributed by atoms with Crippen LogP contribution in [0.2, 0.25) is 0 Å². The van der Waals surface area contributed by atoms with Crippen LogP contribution >= 0.6 is 0 Å². The van der Waals surface area contributed by atoms with Crippen molar-refractivity contribution in [2.24, 2.45) is 0 Å². The second kappa shape index (κ2) is 7.75. The molecule has 30 heavy (non-hydrogen) atoms. The Hall–Kier alpha value is -2.88. The van der Waals surface area contributed by atoms with E-state index in [0.717, 1.165) is 5.56 Å². The Morgan fingerprint density at radius 3 is 2.57 bits per heavy atom. The third-order valence-electron chi connectivity index (χ3n) is 5.47. The smallest absolute Gasteiger partial charge is 0.249 e. The molecule has 2 aliphatic heterocycles. The van der Waals surface area contributed by atoms with E-state index in [1.807, 2.05) is 30.3 Å². The van der Waals surface area contributed by atoms with Gasteiger partial charge in [-0.3, -0.25) is 14.9 Å². The standard InChI is InChI=1S/C21H21N5O3S/c27-30(28)20-5-3-9-24-21(20)29-19-15-25(12-16-6-10-22-11-7-16)14-18(19)26(30)13-17-4-1-2-8-23-17/h1-11,18-19H,12-15H2/t18-,19+/m1/s1. The lowest BCUT2D eigenvalue weighted by atomic mass is 10.2. The van der Waals surface area contributed by atoms with Gasteiger partial charge in [0.15, 0.2) is 0 Å². The van der Waals surface area contributed by atoms with Gasteiger partial charge in [-0.1, -0.05) is 6.07 Å². The molecule has 0 amide bonds. The molecule has 0 spiro atoms. The van der Waals surface area contributed by atoms with Crippen LogP contribution in [0.3, 0.4) is 0 Å². The van der Waals surface area contributed by atoms with Gasteiger partial charge in [0, 0.05) is 44.4 Å². The quantitative estimate of drug-likeness (QED) is 0.631. The van der Waals surface area contributed by atoms with Crippen molar-refractivity contribution in [3.8, 4) is 5.88 Å². The van der Waals surface area contributed by atoms with Crippen molar-refractivity contribution < 1.29 is 13.2 Å². The molecular weight excluding hydrogens is 402 g/mol. The minimum absolute atomic E-state index is 0.107. The van der Waals surface area contributed by atoms with E-state index in [-0.39, 0.29) is 29.5 Å². The Morgan fingerprint density at radius 2 is 1.77 bits per heavy atom. The first-order chi connectivity index (χ1) is 14.6. The molecule has 0 aliphatic carbocycles. The van der Waals surface area contributed by atoms with Gasteiger partial charge < -0.3 is 4.74 Å². The SMILES string of the molecule is O=S1(=O)c2cccnc2O[C@H]2CN(Cc3ccncc3)C[C@H]2N1Cc1ccccn1. The molecule has 0 saturated carbocycles. The molecule has 0 unspecified atom stereocenters. The fourth-order valence-electron chi connectivity index (χ4n) is 4.06. The van der Waals surface area contributed by atoms with Crippen molar-refractivity contribution in [2.45, 2.75) is 30.1 Å². The summed E-state index contributed by atoms with van der Waals surface area (Å²) in [4.78, 5) is 14.9. The molecule has 2 aliphatic rings. The molecule has 1 fully saturated rings. The van der Waals surface area contributed by atoms with Gasteiger partial charge in [0.1, 0.15) is 11.0 Å². The molecule has 2 atom stereocenters. The Labute approximate surface area is 175 Å². The summed E-state index contributed by atoms with van der Waals surface area (Å²) in [6.07, 6.45) is 6.44. The molecule has 0 aromatic carbocycles. The van der Waals surface area contributed by atoms with Crippen LogP contribution in [0.25, 0.3) is 0 Å². The van der Waals surface area contributed by atoms with Crippen LogP contribution in [0.15, 0.2) is 72.1 Å². The zero-order valence-corrected chi connectivity index (χ0v) is 17.0. The van der Waals surface area contributed by atoms with E-state index in [1.54, 1.807) is 36.9 Å². The largest absolute Gasteiger partial charge is 0.470 e. The van der Waals surface area contributed by atoms with Crippen LogP contribution in [-0.2, 0) is 23.1 Å². The summed E-state index contributed by atoms with van der Waals surface area (Å²) in [5.41, 5.74) is 1.82. The first-order valence-electron chi connectivity index (χ1n) is 9.76. The van der Waals surface area contributed by atoms with Gasteiger partial charge >= 0.3 is 0 Å². The maximum atomic E-state index is 13.6. The Kier molecular flexibility index (Phi) is 4.93. The zero-order valence-electron chi connectivity index (χ0n) is 16.2. The number of hydrogen-bond donors (Lipinski definition) is 0. The Balaban J connectivity index is 1.51. The van der Waals surface area contributed by atoms with E-state index < -0.39 is 10.0 Å². The number of hydrogen-bond acceptors (Lipinski definition) is 7. The van der Waals surface area contributed by atoms with Gasteiger partial charge in [0.05, 0.1) is 18.3 Å². The van der Waals surface area contributed by atoms with E-state index in [4.69, 9.17) is 4.74 Å². The lowest BCUT2D eigenvalue weighted by Gasteiger charge is -2.27. The number of pyridine rings is 3. The fraction of sp³-hybridized carbons (Fsp3) is 0.286. The predicted octanol–water partition coefficient (Wildman–Crippen LogP) is 1.71. The van der Waals surface area contributed by atoms with Crippen molar-refractivity contribution >= 4 is 10.0 Å². The number of fused-ring (bicyclic) bond motifs is 2. The van der Waals surface area contributed by atoms with E-state index in [0.29, 0.717) is 25.3 Å². The molecule has 5 rings (SSSR count). The fourth-order valence-corrected chi connectivity index (χ4v) is 5.75. The molecule has 0 N–H and O–H groups in total. The summed E-state index contributed by atoms with van der Waals surface area (Å²) < 4.78 is 34.8. The van der Waals surface area contributed by atoms with Crippen LogP contribution in [0, 0.1) is 0 Å². The van der Waals surface area contributed by atoms with Crippen LogP contribution in [-0.4, -0.2) is 57.8 Å². The normalized spacial score (nSPS) is 23.2. The van der Waals surface area contributed by atoms with E-state index >= 15 is 0 Å². The highest BCUT2D eigenvalue weighted by atomic mass is 32.2. The van der Waals surface area contributed by atoms with Crippen molar-refractivity contribution in [1.29, 1.82) is 0 Å². The summed E-state index contributed by atoms with van der Waals surface area (Å²) in [6.45, 7) is 2.06. The van der Waals surface area contributed by atoms with Crippen LogP contribution in [0.4, 0.5) is 0 Å². The molecule has 8 nitrogen and oxygen atoms in total. The number of sulfonamides is 1. The number of ether oxygens (including phenoxy) is 1. The third-order valence-corrected chi connectivity index (χ3v) is 7.35. The lowest BCUT2D eigenvalue weighted by Crippen LogP contribution is -2.46. The Bertz CT molecular complexity index is 1130. The van der Waals surface area contributed by atoms with E-state index in [9.17, 15) is 8.42 Å². The number of rotatable bonds is 4. The maximum absolute atomic E-state index is 13.6. The monoisotopic (exact) mass is 423 g/mol. The van der Waals surface area contributed by atoms with Crippen LogP contribution in [0.5, 0.6) is 5.88 Å². The van der Waals surface area contributed by atoms with Gasteiger partial charge in [-0.25, -0.2) is 13.4 Å². The molecule has 3 aromatic heterocycles. The van der Waals surface area contributed by atoms with Gasteiger partial charge in [0.2, 0.25) is 15.9 Å². The summed E-state index contributed by atoms with van der Waals surface area (Å²) in [7, 11) is -3.80. The first kappa shape index (κ1) is 19.1. The van der Waals surface area contributed by atoms with E-state index in [1.165, 1.54) is 4.31 Å². The highest BCUT2D eigenvalue weighted by molar-refractivity contribution is 7.89. The average Bonchev–Trinajstić information content (AvgIpc) is 3.11. The Morgan fingerprint density at radius 1 is 0.933 bits per heavy atom. The van der Waals surface area contributed by atoms with Gasteiger partial charge in [-0.2, -0.15) is 4.31 Å². The second-order valence-electron chi connectivity index (χ2n) is 7.45. The highest BCUT2D eigenvalue weighted by Crippen LogP contribution is 2.35. The zero-order chi connectivity index (χ0) is 20.6. The molecule has 0 radical (unpaired) electrons. The van der Waals surface area contributed by atoms with Crippen LogP contribution < -0.4 is 4.74 Å². The number of aromatic nitrogens is 3. The summed E-state index contributed by atoms with van der Waals surface area (Å²) in [6, 6.07) is 12.3. The predicted molar refractivity (Wildman–Crippen MR) is 109 cm³/mol. The first-order valence-corrected chi connectivity index (χ1v) is 11.2. The average molecular weight is 423 g/mol. The number of likely N-dealkylation sites (tertiary alicyclic amines) is 1. The summed E-state index contributed by atoms with van der Waals surface area (Å²) in [5, 5.41) is 0. The second-order valence-corrected chi connectivity index (χ2v) is 9.31. The minimum Gasteiger partial charge on any atom is -0.470 e. The molecule has 154 valence electrons. The molecule has 3 aromatic rings. The molecular formula is C21H21N5O3S.